The van der Waals surface area contributed by atoms with Crippen molar-refractivity contribution < 1.29 is 23.1 Å². The highest BCUT2D eigenvalue weighted by molar-refractivity contribution is 7.10. The van der Waals surface area contributed by atoms with Gasteiger partial charge in [-0.3, -0.25) is 4.79 Å². The Labute approximate surface area is 129 Å². The Hall–Kier alpha value is -2.28. The van der Waals surface area contributed by atoms with Crippen LogP contribution in [0.25, 0.3) is 0 Å². The van der Waals surface area contributed by atoms with Gasteiger partial charge in [-0.15, -0.1) is 11.3 Å². The number of benzene rings is 1. The Balaban J connectivity index is 1.86. The van der Waals surface area contributed by atoms with Gasteiger partial charge in [0.25, 0.3) is 5.91 Å². The average molecular weight is 325 g/mol. The minimum absolute atomic E-state index is 0.214. The van der Waals surface area contributed by atoms with Gasteiger partial charge in [-0.05, 0) is 30.5 Å². The molecule has 0 unspecified atom stereocenters. The third-order valence-electron chi connectivity index (χ3n) is 2.83. The Kier molecular flexibility index (Phi) is 5.21. The first-order valence-electron chi connectivity index (χ1n) is 6.42. The average Bonchev–Trinajstić information content (AvgIpc) is 2.99. The molecule has 7 heteroatoms. The van der Waals surface area contributed by atoms with Gasteiger partial charge >= 0.3 is 5.97 Å². The first kappa shape index (κ1) is 16.1. The number of ether oxygens (including phenoxy) is 1. The summed E-state index contributed by atoms with van der Waals surface area (Å²) in [6.45, 7) is 1.26. The van der Waals surface area contributed by atoms with Crippen LogP contribution in [0.1, 0.15) is 28.2 Å². The van der Waals surface area contributed by atoms with Crippen molar-refractivity contribution >= 4 is 23.2 Å². The highest BCUT2D eigenvalue weighted by Gasteiger charge is 2.16. The number of amides is 1. The predicted octanol–water partition coefficient (Wildman–Crippen LogP) is 3.06. The van der Waals surface area contributed by atoms with Gasteiger partial charge in [0.15, 0.2) is 6.61 Å². The van der Waals surface area contributed by atoms with E-state index in [9.17, 15) is 18.4 Å². The third kappa shape index (κ3) is 4.11. The summed E-state index contributed by atoms with van der Waals surface area (Å²) in [7, 11) is 0. The molecule has 1 amide bonds. The molecule has 1 atom stereocenters. The number of esters is 1. The standard InChI is InChI=1S/C15H13F2NO3S/c1-9(13-3-2-6-22-13)18-14(19)8-21-15(20)11-5-4-10(16)7-12(11)17/h2-7,9H,8H2,1H3,(H,18,19)/t9-/m1/s1. The molecule has 1 N–H and O–H groups in total. The van der Waals surface area contributed by atoms with Crippen molar-refractivity contribution in [3.63, 3.8) is 0 Å². The van der Waals surface area contributed by atoms with E-state index in [0.29, 0.717) is 6.07 Å². The third-order valence-corrected chi connectivity index (χ3v) is 3.89. The molecule has 0 saturated carbocycles. The lowest BCUT2D eigenvalue weighted by atomic mass is 10.2. The largest absolute Gasteiger partial charge is 0.452 e. The summed E-state index contributed by atoms with van der Waals surface area (Å²) in [6, 6.07) is 6.01. The molecule has 22 heavy (non-hydrogen) atoms. The number of hydrogen-bond acceptors (Lipinski definition) is 4. The summed E-state index contributed by atoms with van der Waals surface area (Å²) in [5, 5.41) is 4.54. The molecule has 0 fully saturated rings. The Morgan fingerprint density at radius 3 is 2.73 bits per heavy atom. The zero-order valence-corrected chi connectivity index (χ0v) is 12.5. The van der Waals surface area contributed by atoms with Crippen LogP contribution in [0.5, 0.6) is 0 Å². The molecule has 0 aliphatic rings. The van der Waals surface area contributed by atoms with E-state index in [4.69, 9.17) is 4.74 Å². The van der Waals surface area contributed by atoms with Gasteiger partial charge in [-0.25, -0.2) is 13.6 Å². The number of thiophene rings is 1. The second-order valence-electron chi connectivity index (χ2n) is 4.50. The molecular weight excluding hydrogens is 312 g/mol. The van der Waals surface area contributed by atoms with Crippen molar-refractivity contribution in [1.29, 1.82) is 0 Å². The molecule has 0 radical (unpaired) electrons. The normalized spacial score (nSPS) is 11.8. The highest BCUT2D eigenvalue weighted by atomic mass is 32.1. The van der Waals surface area contributed by atoms with E-state index in [1.54, 1.807) is 6.92 Å². The summed E-state index contributed by atoms with van der Waals surface area (Å²) in [6.07, 6.45) is 0. The van der Waals surface area contributed by atoms with Crippen molar-refractivity contribution in [2.24, 2.45) is 0 Å². The van der Waals surface area contributed by atoms with E-state index in [1.807, 2.05) is 17.5 Å². The van der Waals surface area contributed by atoms with Crippen LogP contribution in [-0.4, -0.2) is 18.5 Å². The van der Waals surface area contributed by atoms with Crippen molar-refractivity contribution in [3.05, 3.63) is 57.8 Å². The molecule has 1 aromatic heterocycles. The van der Waals surface area contributed by atoms with E-state index in [-0.39, 0.29) is 6.04 Å². The van der Waals surface area contributed by atoms with Crippen LogP contribution in [0.4, 0.5) is 8.78 Å². The van der Waals surface area contributed by atoms with E-state index >= 15 is 0 Å². The van der Waals surface area contributed by atoms with Crippen molar-refractivity contribution in [1.82, 2.24) is 5.32 Å². The SMILES string of the molecule is C[C@@H](NC(=O)COC(=O)c1ccc(F)cc1F)c1cccs1. The molecular formula is C15H13F2NO3S. The molecule has 0 aliphatic carbocycles. The lowest BCUT2D eigenvalue weighted by Gasteiger charge is -2.12. The van der Waals surface area contributed by atoms with Crippen LogP contribution in [0.2, 0.25) is 0 Å². The van der Waals surface area contributed by atoms with Crippen LogP contribution >= 0.6 is 11.3 Å². The molecule has 2 rings (SSSR count). The molecule has 0 spiro atoms. The lowest BCUT2D eigenvalue weighted by molar-refractivity contribution is -0.124. The number of halogens is 2. The van der Waals surface area contributed by atoms with Gasteiger partial charge in [0.1, 0.15) is 11.6 Å². The number of hydrogen-bond donors (Lipinski definition) is 1. The van der Waals surface area contributed by atoms with E-state index < -0.39 is 35.7 Å². The lowest BCUT2D eigenvalue weighted by Crippen LogP contribution is -2.30. The summed E-state index contributed by atoms with van der Waals surface area (Å²) in [4.78, 5) is 24.3. The summed E-state index contributed by atoms with van der Waals surface area (Å²) >= 11 is 1.49. The zero-order chi connectivity index (χ0) is 16.1. The zero-order valence-electron chi connectivity index (χ0n) is 11.6. The molecule has 0 bridgehead atoms. The molecule has 1 aromatic carbocycles. The van der Waals surface area contributed by atoms with Gasteiger partial charge < -0.3 is 10.1 Å². The monoisotopic (exact) mass is 325 g/mol. The maximum absolute atomic E-state index is 13.4. The van der Waals surface area contributed by atoms with Gasteiger partial charge in [-0.2, -0.15) is 0 Å². The van der Waals surface area contributed by atoms with Crippen LogP contribution in [0.15, 0.2) is 35.7 Å². The van der Waals surface area contributed by atoms with E-state index in [2.05, 4.69) is 5.32 Å². The van der Waals surface area contributed by atoms with E-state index in [1.165, 1.54) is 11.3 Å². The van der Waals surface area contributed by atoms with Gasteiger partial charge in [0.2, 0.25) is 0 Å². The topological polar surface area (TPSA) is 55.4 Å². The molecule has 116 valence electrons. The fourth-order valence-corrected chi connectivity index (χ4v) is 2.49. The van der Waals surface area contributed by atoms with Crippen molar-refractivity contribution in [2.45, 2.75) is 13.0 Å². The van der Waals surface area contributed by atoms with Crippen LogP contribution < -0.4 is 5.32 Å². The Morgan fingerprint density at radius 1 is 1.32 bits per heavy atom. The Bertz CT molecular complexity index is 673. The highest BCUT2D eigenvalue weighted by Crippen LogP contribution is 2.17. The van der Waals surface area contributed by atoms with Crippen molar-refractivity contribution in [2.75, 3.05) is 6.61 Å². The van der Waals surface area contributed by atoms with Crippen molar-refractivity contribution in [3.8, 4) is 0 Å². The summed E-state index contributed by atoms with van der Waals surface area (Å²) in [5.74, 6) is -3.35. The summed E-state index contributed by atoms with van der Waals surface area (Å²) in [5.41, 5.74) is -0.416. The first-order valence-corrected chi connectivity index (χ1v) is 7.30. The number of carbonyl (C=O) groups excluding carboxylic acids is 2. The Morgan fingerprint density at radius 2 is 2.09 bits per heavy atom. The minimum Gasteiger partial charge on any atom is -0.452 e. The summed E-state index contributed by atoms with van der Waals surface area (Å²) < 4.78 is 30.8. The second kappa shape index (κ2) is 7.13. The maximum Gasteiger partial charge on any atom is 0.341 e. The number of nitrogens with one attached hydrogen (secondary N) is 1. The first-order chi connectivity index (χ1) is 10.5. The molecule has 0 saturated heterocycles. The second-order valence-corrected chi connectivity index (χ2v) is 5.48. The fourth-order valence-electron chi connectivity index (χ4n) is 1.76. The van der Waals surface area contributed by atoms with Gasteiger partial charge in [0, 0.05) is 10.9 Å². The number of rotatable bonds is 5. The van der Waals surface area contributed by atoms with Crippen LogP contribution in [0.3, 0.4) is 0 Å². The van der Waals surface area contributed by atoms with E-state index in [0.717, 1.165) is 17.0 Å². The smallest absolute Gasteiger partial charge is 0.341 e. The molecule has 2 aromatic rings. The van der Waals surface area contributed by atoms with Gasteiger partial charge in [-0.1, -0.05) is 6.07 Å². The minimum atomic E-state index is -1.03. The predicted molar refractivity (Wildman–Crippen MR) is 77.5 cm³/mol. The number of carbonyl (C=O) groups is 2. The fraction of sp³-hybridized carbons (Fsp3) is 0.200. The van der Waals surface area contributed by atoms with Gasteiger partial charge in [0.05, 0.1) is 11.6 Å². The molecule has 0 aliphatic heterocycles. The van der Waals surface area contributed by atoms with Crippen LogP contribution in [0, 0.1) is 11.6 Å². The molecule has 1 heterocycles. The maximum atomic E-state index is 13.4. The quantitative estimate of drug-likeness (QED) is 0.860. The molecule has 4 nitrogen and oxygen atoms in total. The van der Waals surface area contributed by atoms with Crippen LogP contribution in [-0.2, 0) is 9.53 Å².